The summed E-state index contributed by atoms with van der Waals surface area (Å²) in [6.07, 6.45) is -4.44. The standard InChI is InChI=1S/C23H28F3N3O2S/c1-17(30)27-21(16-32-20-11-7-10-19(14-20)23(24,25)26)22(31)29(13-12-28(2)3)15-18-8-5-4-6-9-18/h4-11,14,21H,12-13,15-16H2,1-3H3,(H,27,30). The van der Waals surface area contributed by atoms with Crippen molar-refractivity contribution in [2.75, 3.05) is 32.9 Å². The highest BCUT2D eigenvalue weighted by atomic mass is 32.2. The van der Waals surface area contributed by atoms with Crippen molar-refractivity contribution in [1.29, 1.82) is 0 Å². The van der Waals surface area contributed by atoms with E-state index in [9.17, 15) is 22.8 Å². The first-order valence-electron chi connectivity index (χ1n) is 10.1. The Hall–Kier alpha value is -2.52. The minimum absolute atomic E-state index is 0.118. The maximum absolute atomic E-state index is 13.3. The van der Waals surface area contributed by atoms with Crippen molar-refractivity contribution in [2.45, 2.75) is 30.6 Å². The lowest BCUT2D eigenvalue weighted by Gasteiger charge is -2.29. The summed E-state index contributed by atoms with van der Waals surface area (Å²) >= 11 is 1.10. The van der Waals surface area contributed by atoms with Gasteiger partial charge in [-0.2, -0.15) is 13.2 Å². The normalized spacial score (nSPS) is 12.5. The van der Waals surface area contributed by atoms with Crippen molar-refractivity contribution in [3.8, 4) is 0 Å². The fourth-order valence-electron chi connectivity index (χ4n) is 2.97. The van der Waals surface area contributed by atoms with Gasteiger partial charge in [-0.15, -0.1) is 11.8 Å². The van der Waals surface area contributed by atoms with Crippen LogP contribution in [0.2, 0.25) is 0 Å². The van der Waals surface area contributed by atoms with Crippen molar-refractivity contribution in [3.05, 3.63) is 65.7 Å². The van der Waals surface area contributed by atoms with Gasteiger partial charge in [0.05, 0.1) is 5.56 Å². The highest BCUT2D eigenvalue weighted by molar-refractivity contribution is 7.99. The smallest absolute Gasteiger partial charge is 0.344 e. The van der Waals surface area contributed by atoms with Gasteiger partial charge in [0.1, 0.15) is 6.04 Å². The molecule has 2 amide bonds. The number of hydrogen-bond donors (Lipinski definition) is 1. The fraction of sp³-hybridized carbons (Fsp3) is 0.391. The number of rotatable bonds is 10. The Morgan fingerprint density at radius 3 is 2.31 bits per heavy atom. The third kappa shape index (κ3) is 8.55. The molecular formula is C23H28F3N3O2S. The number of nitrogens with one attached hydrogen (secondary N) is 1. The van der Waals surface area contributed by atoms with Gasteiger partial charge in [0, 0.05) is 37.2 Å². The monoisotopic (exact) mass is 467 g/mol. The zero-order valence-electron chi connectivity index (χ0n) is 18.4. The van der Waals surface area contributed by atoms with Gasteiger partial charge in [-0.3, -0.25) is 9.59 Å². The predicted molar refractivity (Wildman–Crippen MR) is 120 cm³/mol. The van der Waals surface area contributed by atoms with Crippen LogP contribution in [0.4, 0.5) is 13.2 Å². The Labute approximate surface area is 191 Å². The molecule has 1 unspecified atom stereocenters. The molecule has 0 saturated heterocycles. The van der Waals surface area contributed by atoms with Crippen LogP contribution in [0.15, 0.2) is 59.5 Å². The zero-order chi connectivity index (χ0) is 23.7. The van der Waals surface area contributed by atoms with Gasteiger partial charge >= 0.3 is 6.18 Å². The Morgan fingerprint density at radius 2 is 1.72 bits per heavy atom. The van der Waals surface area contributed by atoms with Gasteiger partial charge < -0.3 is 15.1 Å². The average molecular weight is 468 g/mol. The molecule has 0 aromatic heterocycles. The third-order valence-electron chi connectivity index (χ3n) is 4.60. The molecule has 0 saturated carbocycles. The van der Waals surface area contributed by atoms with E-state index < -0.39 is 17.8 Å². The fourth-order valence-corrected chi connectivity index (χ4v) is 3.94. The van der Waals surface area contributed by atoms with Crippen LogP contribution in [0.1, 0.15) is 18.1 Å². The molecule has 5 nitrogen and oxygen atoms in total. The van der Waals surface area contributed by atoms with E-state index in [1.54, 1.807) is 11.0 Å². The number of hydrogen-bond acceptors (Lipinski definition) is 4. The van der Waals surface area contributed by atoms with Crippen molar-refractivity contribution in [3.63, 3.8) is 0 Å². The van der Waals surface area contributed by atoms with Gasteiger partial charge in [0.25, 0.3) is 0 Å². The van der Waals surface area contributed by atoms with Crippen LogP contribution in [-0.2, 0) is 22.3 Å². The Balaban J connectivity index is 2.18. The molecule has 0 aliphatic carbocycles. The van der Waals surface area contributed by atoms with E-state index >= 15 is 0 Å². The lowest BCUT2D eigenvalue weighted by molar-refractivity contribution is -0.137. The van der Waals surface area contributed by atoms with Crippen LogP contribution >= 0.6 is 11.8 Å². The average Bonchev–Trinajstić information content (AvgIpc) is 2.73. The Morgan fingerprint density at radius 1 is 1.03 bits per heavy atom. The second-order valence-corrected chi connectivity index (χ2v) is 8.73. The topological polar surface area (TPSA) is 52.7 Å². The molecule has 2 aromatic rings. The van der Waals surface area contributed by atoms with Crippen molar-refractivity contribution < 1.29 is 22.8 Å². The quantitative estimate of drug-likeness (QED) is 0.539. The maximum Gasteiger partial charge on any atom is 0.416 e. The molecule has 174 valence electrons. The molecule has 0 bridgehead atoms. The van der Waals surface area contributed by atoms with Crippen LogP contribution in [0, 0.1) is 0 Å². The highest BCUT2D eigenvalue weighted by Gasteiger charge is 2.31. The number of carbonyl (C=O) groups is 2. The van der Waals surface area contributed by atoms with Crippen LogP contribution in [0.5, 0.6) is 0 Å². The molecule has 32 heavy (non-hydrogen) atoms. The lowest BCUT2D eigenvalue weighted by Crippen LogP contribution is -2.50. The largest absolute Gasteiger partial charge is 0.416 e. The number of halogens is 3. The second kappa shape index (κ2) is 11.9. The number of amides is 2. The number of nitrogens with zero attached hydrogens (tertiary/aromatic N) is 2. The molecule has 0 radical (unpaired) electrons. The van der Waals surface area contributed by atoms with E-state index in [-0.39, 0.29) is 17.6 Å². The molecule has 2 aromatic carbocycles. The molecule has 1 atom stereocenters. The predicted octanol–water partition coefficient (Wildman–Crippen LogP) is 3.89. The van der Waals surface area contributed by atoms with Gasteiger partial charge in [0.15, 0.2) is 0 Å². The number of likely N-dealkylation sites (N-methyl/N-ethyl adjacent to an activating group) is 1. The summed E-state index contributed by atoms with van der Waals surface area (Å²) in [6, 6.07) is 13.6. The van der Waals surface area contributed by atoms with E-state index in [2.05, 4.69) is 5.32 Å². The molecule has 0 aliphatic heterocycles. The van der Waals surface area contributed by atoms with Crippen molar-refractivity contribution in [2.24, 2.45) is 0 Å². The summed E-state index contributed by atoms with van der Waals surface area (Å²) in [7, 11) is 3.81. The minimum Gasteiger partial charge on any atom is -0.344 e. The zero-order valence-corrected chi connectivity index (χ0v) is 19.2. The lowest BCUT2D eigenvalue weighted by atomic mass is 10.2. The van der Waals surface area contributed by atoms with Gasteiger partial charge in [0.2, 0.25) is 11.8 Å². The Bertz CT molecular complexity index is 892. The van der Waals surface area contributed by atoms with E-state index in [0.29, 0.717) is 24.5 Å². The summed E-state index contributed by atoms with van der Waals surface area (Å²) < 4.78 is 39.0. The van der Waals surface area contributed by atoms with Crippen LogP contribution in [-0.4, -0.2) is 60.6 Å². The molecule has 9 heteroatoms. The molecule has 0 heterocycles. The molecule has 0 spiro atoms. The van der Waals surface area contributed by atoms with E-state index in [4.69, 9.17) is 0 Å². The van der Waals surface area contributed by atoms with E-state index in [1.807, 2.05) is 49.3 Å². The molecule has 2 rings (SSSR count). The minimum atomic E-state index is -4.44. The molecule has 1 N–H and O–H groups in total. The molecule has 0 aliphatic rings. The van der Waals surface area contributed by atoms with Gasteiger partial charge in [-0.25, -0.2) is 0 Å². The van der Waals surface area contributed by atoms with Crippen LogP contribution in [0.3, 0.4) is 0 Å². The van der Waals surface area contributed by atoms with E-state index in [0.717, 1.165) is 29.5 Å². The van der Waals surface area contributed by atoms with Crippen LogP contribution < -0.4 is 5.32 Å². The summed E-state index contributed by atoms with van der Waals surface area (Å²) in [6.45, 7) is 2.77. The number of alkyl halides is 3. The second-order valence-electron chi connectivity index (χ2n) is 7.64. The Kier molecular flexibility index (Phi) is 9.59. The summed E-state index contributed by atoms with van der Waals surface area (Å²) in [5.74, 6) is -0.530. The molecular weight excluding hydrogens is 439 g/mol. The summed E-state index contributed by atoms with van der Waals surface area (Å²) in [4.78, 5) is 29.1. The molecule has 0 fully saturated rings. The third-order valence-corrected chi connectivity index (χ3v) is 5.69. The summed E-state index contributed by atoms with van der Waals surface area (Å²) in [5, 5.41) is 2.66. The highest BCUT2D eigenvalue weighted by Crippen LogP contribution is 2.32. The number of benzene rings is 2. The van der Waals surface area contributed by atoms with Crippen LogP contribution in [0.25, 0.3) is 0 Å². The maximum atomic E-state index is 13.3. The summed E-state index contributed by atoms with van der Waals surface area (Å²) in [5.41, 5.74) is 0.202. The SMILES string of the molecule is CC(=O)NC(CSc1cccc(C(F)(F)F)c1)C(=O)N(CCN(C)C)Cc1ccccc1. The first-order valence-corrected chi connectivity index (χ1v) is 11.1. The number of thioether (sulfide) groups is 1. The number of carbonyl (C=O) groups excluding carboxylic acids is 2. The first kappa shape index (κ1) is 25.7. The van der Waals surface area contributed by atoms with Crippen molar-refractivity contribution in [1.82, 2.24) is 15.1 Å². The van der Waals surface area contributed by atoms with Gasteiger partial charge in [-0.1, -0.05) is 36.4 Å². The van der Waals surface area contributed by atoms with Gasteiger partial charge in [-0.05, 0) is 37.9 Å². The van der Waals surface area contributed by atoms with E-state index in [1.165, 1.54) is 13.0 Å². The van der Waals surface area contributed by atoms with Crippen molar-refractivity contribution >= 4 is 23.6 Å². The first-order chi connectivity index (χ1) is 15.1.